The highest BCUT2D eigenvalue weighted by Gasteiger charge is 2.17. The molecule has 21 heavy (non-hydrogen) atoms. The van der Waals surface area contributed by atoms with Crippen molar-refractivity contribution in [2.24, 2.45) is 5.92 Å². The van der Waals surface area contributed by atoms with Crippen molar-refractivity contribution in [3.63, 3.8) is 0 Å². The van der Waals surface area contributed by atoms with Gasteiger partial charge in [0.15, 0.2) is 0 Å². The summed E-state index contributed by atoms with van der Waals surface area (Å²) in [6.45, 7) is 0.896. The van der Waals surface area contributed by atoms with Gasteiger partial charge in [0.25, 0.3) is 0 Å². The number of carbonyl (C=O) groups excluding carboxylic acids is 1. The van der Waals surface area contributed by atoms with E-state index in [9.17, 15) is 9.18 Å². The van der Waals surface area contributed by atoms with Gasteiger partial charge in [-0.25, -0.2) is 4.39 Å². The average Bonchev–Trinajstić information content (AvgIpc) is 2.52. The van der Waals surface area contributed by atoms with Crippen LogP contribution in [0.15, 0.2) is 30.4 Å². The van der Waals surface area contributed by atoms with Crippen molar-refractivity contribution in [3.05, 3.63) is 41.7 Å². The summed E-state index contributed by atoms with van der Waals surface area (Å²) in [5.41, 5.74) is 0.452. The summed E-state index contributed by atoms with van der Waals surface area (Å²) in [5, 5.41) is 14.7. The quantitative estimate of drug-likeness (QED) is 0.646. The standard InChI is InChI=1S/C16H18FN3O/c17-14-7-4-8-15(13(14)11-18)19-9-10-20-16(21)12-5-2-1-3-6-12/h1-2,4,7-8,12,19H,3,5-6,9-10H2,(H,20,21)/t12-/m0/s1. The molecule has 1 aromatic rings. The molecule has 2 rings (SSSR count). The molecule has 4 nitrogen and oxygen atoms in total. The summed E-state index contributed by atoms with van der Waals surface area (Å²) in [5.74, 6) is -0.430. The molecule has 0 spiro atoms. The van der Waals surface area contributed by atoms with Gasteiger partial charge in [-0.3, -0.25) is 4.79 Å². The molecular formula is C16H18FN3O. The maximum Gasteiger partial charge on any atom is 0.223 e. The Labute approximate surface area is 123 Å². The van der Waals surface area contributed by atoms with Gasteiger partial charge in [-0.15, -0.1) is 0 Å². The molecule has 0 radical (unpaired) electrons. The first-order valence-electron chi connectivity index (χ1n) is 7.07. The predicted molar refractivity (Wildman–Crippen MR) is 79.1 cm³/mol. The molecule has 110 valence electrons. The summed E-state index contributed by atoms with van der Waals surface area (Å²) in [4.78, 5) is 11.9. The zero-order valence-corrected chi connectivity index (χ0v) is 11.7. The number of hydrogen-bond acceptors (Lipinski definition) is 3. The summed E-state index contributed by atoms with van der Waals surface area (Å²) >= 11 is 0. The number of carbonyl (C=O) groups is 1. The van der Waals surface area contributed by atoms with Crippen LogP contribution in [-0.2, 0) is 4.79 Å². The summed E-state index contributed by atoms with van der Waals surface area (Å²) in [6, 6.07) is 6.28. The van der Waals surface area contributed by atoms with Gasteiger partial charge in [0, 0.05) is 19.0 Å². The Balaban J connectivity index is 1.77. The van der Waals surface area contributed by atoms with Gasteiger partial charge in [-0.1, -0.05) is 18.2 Å². The van der Waals surface area contributed by atoms with Crippen molar-refractivity contribution < 1.29 is 9.18 Å². The van der Waals surface area contributed by atoms with Gasteiger partial charge < -0.3 is 10.6 Å². The first-order valence-corrected chi connectivity index (χ1v) is 7.07. The zero-order chi connectivity index (χ0) is 15.1. The third-order valence-corrected chi connectivity index (χ3v) is 3.50. The van der Waals surface area contributed by atoms with E-state index in [1.54, 1.807) is 12.1 Å². The van der Waals surface area contributed by atoms with E-state index in [0.717, 1.165) is 19.3 Å². The van der Waals surface area contributed by atoms with Crippen molar-refractivity contribution >= 4 is 11.6 Å². The van der Waals surface area contributed by atoms with Crippen LogP contribution in [0.1, 0.15) is 24.8 Å². The smallest absolute Gasteiger partial charge is 0.223 e. The number of halogens is 1. The molecule has 0 saturated carbocycles. The van der Waals surface area contributed by atoms with Gasteiger partial charge in [-0.05, 0) is 31.4 Å². The minimum Gasteiger partial charge on any atom is -0.382 e. The van der Waals surface area contributed by atoms with Crippen LogP contribution in [0.2, 0.25) is 0 Å². The maximum absolute atomic E-state index is 13.4. The fourth-order valence-electron chi connectivity index (χ4n) is 2.34. The van der Waals surface area contributed by atoms with Gasteiger partial charge in [-0.2, -0.15) is 5.26 Å². The lowest BCUT2D eigenvalue weighted by Crippen LogP contribution is -2.34. The van der Waals surface area contributed by atoms with Crippen molar-refractivity contribution in [2.45, 2.75) is 19.3 Å². The SMILES string of the molecule is N#Cc1c(F)cccc1NCCNC(=O)[C@H]1CC=CCC1. The molecule has 0 aromatic heterocycles. The van der Waals surface area contributed by atoms with Gasteiger partial charge in [0.2, 0.25) is 5.91 Å². The number of benzene rings is 1. The molecule has 0 aliphatic heterocycles. The second-order valence-electron chi connectivity index (χ2n) is 4.97. The first kappa shape index (κ1) is 15.0. The van der Waals surface area contributed by atoms with Crippen LogP contribution in [0.3, 0.4) is 0 Å². The predicted octanol–water partition coefficient (Wildman–Crippen LogP) is 2.58. The van der Waals surface area contributed by atoms with Crippen molar-refractivity contribution in [2.75, 3.05) is 18.4 Å². The van der Waals surface area contributed by atoms with E-state index in [4.69, 9.17) is 5.26 Å². The highest BCUT2D eigenvalue weighted by molar-refractivity contribution is 5.79. The van der Waals surface area contributed by atoms with Crippen molar-refractivity contribution in [1.29, 1.82) is 5.26 Å². The highest BCUT2D eigenvalue weighted by atomic mass is 19.1. The molecule has 0 heterocycles. The van der Waals surface area contributed by atoms with E-state index in [2.05, 4.69) is 16.7 Å². The number of allylic oxidation sites excluding steroid dienone is 2. The fraction of sp³-hybridized carbons (Fsp3) is 0.375. The number of anilines is 1. The minimum absolute atomic E-state index is 0.00115. The molecule has 2 N–H and O–H groups in total. The monoisotopic (exact) mass is 287 g/mol. The van der Waals surface area contributed by atoms with E-state index in [1.165, 1.54) is 6.07 Å². The maximum atomic E-state index is 13.4. The first-order chi connectivity index (χ1) is 10.2. The van der Waals surface area contributed by atoms with Crippen LogP contribution < -0.4 is 10.6 Å². The third kappa shape index (κ3) is 4.06. The highest BCUT2D eigenvalue weighted by Crippen LogP contribution is 2.18. The van der Waals surface area contributed by atoms with Crippen LogP contribution in [0.25, 0.3) is 0 Å². The number of amides is 1. The van der Waals surface area contributed by atoms with Crippen LogP contribution in [-0.4, -0.2) is 19.0 Å². The summed E-state index contributed by atoms with van der Waals surface area (Å²) in [7, 11) is 0. The Morgan fingerprint density at radius 3 is 2.95 bits per heavy atom. The van der Waals surface area contributed by atoms with Crippen LogP contribution >= 0.6 is 0 Å². The normalized spacial score (nSPS) is 17.0. The number of rotatable bonds is 5. The minimum atomic E-state index is -0.541. The van der Waals surface area contributed by atoms with Gasteiger partial charge in [0.05, 0.1) is 5.69 Å². The molecule has 1 aromatic carbocycles. The fourth-order valence-corrected chi connectivity index (χ4v) is 2.34. The van der Waals surface area contributed by atoms with E-state index < -0.39 is 5.82 Å². The molecule has 0 unspecified atom stereocenters. The third-order valence-electron chi connectivity index (χ3n) is 3.50. The summed E-state index contributed by atoms with van der Waals surface area (Å²) < 4.78 is 13.4. The van der Waals surface area contributed by atoms with E-state index >= 15 is 0 Å². The lowest BCUT2D eigenvalue weighted by Gasteiger charge is -2.17. The molecule has 1 aliphatic carbocycles. The second kappa shape index (κ2) is 7.44. The Morgan fingerprint density at radius 2 is 2.24 bits per heavy atom. The topological polar surface area (TPSA) is 64.9 Å². The lowest BCUT2D eigenvalue weighted by molar-refractivity contribution is -0.125. The Kier molecular flexibility index (Phi) is 5.33. The molecule has 1 atom stereocenters. The molecular weight excluding hydrogens is 269 g/mol. The number of nitrogens with one attached hydrogen (secondary N) is 2. The molecule has 0 fully saturated rings. The van der Waals surface area contributed by atoms with Crippen LogP contribution in [0.5, 0.6) is 0 Å². The Morgan fingerprint density at radius 1 is 1.38 bits per heavy atom. The van der Waals surface area contributed by atoms with Crippen molar-refractivity contribution in [3.8, 4) is 6.07 Å². The Hall–Kier alpha value is -2.35. The Bertz CT molecular complexity index is 577. The van der Waals surface area contributed by atoms with Crippen LogP contribution in [0.4, 0.5) is 10.1 Å². The van der Waals surface area contributed by atoms with E-state index in [-0.39, 0.29) is 17.4 Å². The van der Waals surface area contributed by atoms with E-state index in [1.807, 2.05) is 12.1 Å². The molecule has 1 amide bonds. The second-order valence-corrected chi connectivity index (χ2v) is 4.97. The zero-order valence-electron chi connectivity index (χ0n) is 11.7. The number of hydrogen-bond donors (Lipinski definition) is 2. The van der Waals surface area contributed by atoms with E-state index in [0.29, 0.717) is 18.8 Å². The van der Waals surface area contributed by atoms with Gasteiger partial charge >= 0.3 is 0 Å². The molecule has 5 heteroatoms. The van der Waals surface area contributed by atoms with Crippen LogP contribution in [0, 0.1) is 23.1 Å². The van der Waals surface area contributed by atoms with Crippen molar-refractivity contribution in [1.82, 2.24) is 5.32 Å². The number of nitrogens with zero attached hydrogens (tertiary/aromatic N) is 1. The molecule has 0 bridgehead atoms. The number of nitriles is 1. The largest absolute Gasteiger partial charge is 0.382 e. The average molecular weight is 287 g/mol. The molecule has 1 aliphatic rings. The lowest BCUT2D eigenvalue weighted by atomic mass is 9.94. The molecule has 0 saturated heterocycles. The summed E-state index contributed by atoms with van der Waals surface area (Å²) in [6.07, 6.45) is 6.77. The van der Waals surface area contributed by atoms with Gasteiger partial charge in [0.1, 0.15) is 17.4 Å².